The number of benzene rings is 1. The van der Waals surface area contributed by atoms with E-state index in [2.05, 4.69) is 0 Å². The molecule has 0 unspecified atom stereocenters. The second-order valence-electron chi connectivity index (χ2n) is 2.90. The summed E-state index contributed by atoms with van der Waals surface area (Å²) >= 11 is 5.69. The summed E-state index contributed by atoms with van der Waals surface area (Å²) < 4.78 is 18.2. The van der Waals surface area contributed by atoms with Crippen molar-refractivity contribution < 1.29 is 19.0 Å². The van der Waals surface area contributed by atoms with Crippen molar-refractivity contribution in [2.45, 2.75) is 12.8 Å². The summed E-state index contributed by atoms with van der Waals surface area (Å²) in [5.41, 5.74) is 0. The minimum atomic E-state index is -0.904. The minimum absolute atomic E-state index is 0.00787. The van der Waals surface area contributed by atoms with Crippen molar-refractivity contribution in [3.63, 3.8) is 0 Å². The molecule has 0 amide bonds. The molecule has 0 aromatic heterocycles. The zero-order valence-electron chi connectivity index (χ0n) is 7.87. The van der Waals surface area contributed by atoms with Crippen molar-refractivity contribution in [3.05, 3.63) is 29.0 Å². The van der Waals surface area contributed by atoms with Crippen LogP contribution in [0.1, 0.15) is 12.8 Å². The Balaban J connectivity index is 2.47. The Bertz CT molecular complexity index is 334. The molecule has 0 heterocycles. The monoisotopic (exact) mass is 232 g/mol. The predicted molar refractivity (Wildman–Crippen MR) is 53.8 cm³/mol. The fraction of sp³-hybridized carbons (Fsp3) is 0.300. The molecule has 0 radical (unpaired) electrons. The maximum atomic E-state index is 13.1. The second-order valence-corrected chi connectivity index (χ2v) is 3.30. The zero-order chi connectivity index (χ0) is 11.3. The Kier molecular flexibility index (Phi) is 4.37. The molecule has 0 saturated heterocycles. The lowest BCUT2D eigenvalue weighted by atomic mass is 10.3. The third-order valence-corrected chi connectivity index (χ3v) is 2.00. The Morgan fingerprint density at radius 2 is 2.27 bits per heavy atom. The van der Waals surface area contributed by atoms with E-state index in [0.29, 0.717) is 6.42 Å². The van der Waals surface area contributed by atoms with Crippen LogP contribution in [0.25, 0.3) is 0 Å². The Morgan fingerprint density at radius 1 is 1.53 bits per heavy atom. The summed E-state index contributed by atoms with van der Waals surface area (Å²) in [4.78, 5) is 10.2. The first-order valence-corrected chi connectivity index (χ1v) is 4.77. The summed E-state index contributed by atoms with van der Waals surface area (Å²) in [5.74, 6) is -1.47. The molecule has 0 aliphatic rings. The largest absolute Gasteiger partial charge is 0.489 e. The number of para-hydroxylation sites is 1. The first-order chi connectivity index (χ1) is 7.11. The van der Waals surface area contributed by atoms with Gasteiger partial charge in [-0.25, -0.2) is 4.39 Å². The lowest BCUT2D eigenvalue weighted by molar-refractivity contribution is -0.137. The molecule has 0 bridgehead atoms. The van der Waals surface area contributed by atoms with E-state index in [1.165, 1.54) is 18.2 Å². The summed E-state index contributed by atoms with van der Waals surface area (Å²) in [6, 6.07) is 4.22. The van der Waals surface area contributed by atoms with E-state index in [9.17, 15) is 9.18 Å². The van der Waals surface area contributed by atoms with Crippen LogP contribution in [0.3, 0.4) is 0 Å². The van der Waals surface area contributed by atoms with E-state index in [1.807, 2.05) is 0 Å². The number of hydrogen-bond donors (Lipinski definition) is 1. The number of hydrogen-bond acceptors (Lipinski definition) is 2. The normalized spacial score (nSPS) is 10.0. The standard InChI is InChI=1S/C10H10ClFO3/c11-7-3-1-4-8(12)10(7)15-6-2-5-9(13)14/h1,3-4H,2,5-6H2,(H,13,14). The predicted octanol–water partition coefficient (Wildman–Crippen LogP) is 2.72. The Morgan fingerprint density at radius 3 is 2.87 bits per heavy atom. The third kappa shape index (κ3) is 3.75. The van der Waals surface area contributed by atoms with E-state index in [-0.39, 0.29) is 23.8 Å². The van der Waals surface area contributed by atoms with E-state index in [1.54, 1.807) is 0 Å². The third-order valence-electron chi connectivity index (χ3n) is 1.70. The lowest BCUT2D eigenvalue weighted by Gasteiger charge is -2.07. The molecule has 1 aromatic carbocycles. The quantitative estimate of drug-likeness (QED) is 0.794. The molecule has 82 valence electrons. The SMILES string of the molecule is O=C(O)CCCOc1c(F)cccc1Cl. The van der Waals surface area contributed by atoms with E-state index < -0.39 is 11.8 Å². The number of rotatable bonds is 5. The highest BCUT2D eigenvalue weighted by atomic mass is 35.5. The fourth-order valence-electron chi connectivity index (χ4n) is 1.02. The van der Waals surface area contributed by atoms with Crippen molar-refractivity contribution in [1.29, 1.82) is 0 Å². The van der Waals surface area contributed by atoms with Crippen LogP contribution in [-0.2, 0) is 4.79 Å². The number of aliphatic carboxylic acids is 1. The van der Waals surface area contributed by atoms with Crippen molar-refractivity contribution >= 4 is 17.6 Å². The van der Waals surface area contributed by atoms with Crippen molar-refractivity contribution in [2.24, 2.45) is 0 Å². The summed E-state index contributed by atoms with van der Waals surface area (Å²) in [6.07, 6.45) is 0.312. The van der Waals surface area contributed by atoms with Gasteiger partial charge in [0.25, 0.3) is 0 Å². The van der Waals surface area contributed by atoms with Gasteiger partial charge in [-0.2, -0.15) is 0 Å². The van der Waals surface area contributed by atoms with Crippen molar-refractivity contribution in [3.8, 4) is 5.75 Å². The summed E-state index contributed by atoms with van der Waals surface area (Å²) in [7, 11) is 0. The van der Waals surface area contributed by atoms with Gasteiger partial charge in [0.05, 0.1) is 11.6 Å². The van der Waals surface area contributed by atoms with E-state index in [4.69, 9.17) is 21.4 Å². The molecule has 1 N–H and O–H groups in total. The fourth-order valence-corrected chi connectivity index (χ4v) is 1.24. The van der Waals surface area contributed by atoms with Gasteiger partial charge in [-0.3, -0.25) is 4.79 Å². The molecular formula is C10H10ClFO3. The molecule has 0 saturated carbocycles. The molecule has 0 aliphatic heterocycles. The van der Waals surface area contributed by atoms with Gasteiger partial charge in [0, 0.05) is 6.42 Å². The van der Waals surface area contributed by atoms with Gasteiger partial charge >= 0.3 is 5.97 Å². The van der Waals surface area contributed by atoms with Gasteiger partial charge in [0.1, 0.15) is 0 Å². The van der Waals surface area contributed by atoms with Crippen LogP contribution in [0.4, 0.5) is 4.39 Å². The first kappa shape index (κ1) is 11.8. The van der Waals surface area contributed by atoms with E-state index in [0.717, 1.165) is 0 Å². The topological polar surface area (TPSA) is 46.5 Å². The maximum absolute atomic E-state index is 13.1. The molecule has 0 atom stereocenters. The van der Waals surface area contributed by atoms with Crippen molar-refractivity contribution in [1.82, 2.24) is 0 Å². The molecule has 3 nitrogen and oxygen atoms in total. The van der Waals surface area contributed by atoms with Gasteiger partial charge in [0.2, 0.25) is 0 Å². The number of carboxylic acids is 1. The highest BCUT2D eigenvalue weighted by Crippen LogP contribution is 2.27. The molecule has 1 aromatic rings. The molecule has 15 heavy (non-hydrogen) atoms. The van der Waals surface area contributed by atoms with Gasteiger partial charge in [-0.1, -0.05) is 17.7 Å². The van der Waals surface area contributed by atoms with Crippen molar-refractivity contribution in [2.75, 3.05) is 6.61 Å². The van der Waals surface area contributed by atoms with Crippen LogP contribution in [0.5, 0.6) is 5.75 Å². The van der Waals surface area contributed by atoms with Crippen LogP contribution in [0, 0.1) is 5.82 Å². The van der Waals surface area contributed by atoms with Gasteiger partial charge in [-0.15, -0.1) is 0 Å². The number of ether oxygens (including phenoxy) is 1. The average molecular weight is 233 g/mol. The maximum Gasteiger partial charge on any atom is 0.303 e. The molecule has 1 rings (SSSR count). The zero-order valence-corrected chi connectivity index (χ0v) is 8.63. The minimum Gasteiger partial charge on any atom is -0.489 e. The number of carbonyl (C=O) groups is 1. The van der Waals surface area contributed by atoms with Gasteiger partial charge < -0.3 is 9.84 Å². The van der Waals surface area contributed by atoms with Crippen LogP contribution in [-0.4, -0.2) is 17.7 Å². The molecule has 5 heteroatoms. The van der Waals surface area contributed by atoms with Crippen LogP contribution in [0.15, 0.2) is 18.2 Å². The first-order valence-electron chi connectivity index (χ1n) is 4.40. The molecule has 0 fully saturated rings. The molecular weight excluding hydrogens is 223 g/mol. The van der Waals surface area contributed by atoms with Gasteiger partial charge in [-0.05, 0) is 18.6 Å². The summed E-state index contributed by atoms with van der Waals surface area (Å²) in [5, 5.41) is 8.55. The Labute approximate surface area is 91.4 Å². The van der Waals surface area contributed by atoms with Crippen LogP contribution >= 0.6 is 11.6 Å². The summed E-state index contributed by atoms with van der Waals surface area (Å²) in [6.45, 7) is 0.132. The molecule has 0 spiro atoms. The number of carboxylic acid groups (broad SMARTS) is 1. The van der Waals surface area contributed by atoms with E-state index >= 15 is 0 Å². The van der Waals surface area contributed by atoms with Crippen LogP contribution in [0.2, 0.25) is 5.02 Å². The van der Waals surface area contributed by atoms with Crippen LogP contribution < -0.4 is 4.74 Å². The average Bonchev–Trinajstić information content (AvgIpc) is 2.15. The second kappa shape index (κ2) is 5.56. The van der Waals surface area contributed by atoms with Gasteiger partial charge in [0.15, 0.2) is 11.6 Å². The smallest absolute Gasteiger partial charge is 0.303 e. The highest BCUT2D eigenvalue weighted by molar-refractivity contribution is 6.32. The molecule has 0 aliphatic carbocycles. The lowest BCUT2D eigenvalue weighted by Crippen LogP contribution is -2.03. The Hall–Kier alpha value is -1.29. The highest BCUT2D eigenvalue weighted by Gasteiger charge is 2.07. The number of halogens is 2.